The summed E-state index contributed by atoms with van der Waals surface area (Å²) in [6, 6.07) is 24.5. The fourth-order valence-corrected chi connectivity index (χ4v) is 3.54. The third-order valence-electron chi connectivity index (χ3n) is 5.35. The Kier molecular flexibility index (Phi) is 4.71. The Morgan fingerprint density at radius 1 is 0.645 bits per heavy atom. The van der Waals surface area contributed by atoms with E-state index in [-0.39, 0.29) is 0 Å². The van der Waals surface area contributed by atoms with Gasteiger partial charge in [0.05, 0.1) is 19.0 Å². The van der Waals surface area contributed by atoms with E-state index in [1.54, 1.807) is 11.6 Å². The van der Waals surface area contributed by atoms with Gasteiger partial charge in [-0.05, 0) is 38.1 Å². The zero-order valence-electron chi connectivity index (χ0n) is 17.7. The summed E-state index contributed by atoms with van der Waals surface area (Å²) in [5.74, 6) is 1.38. The van der Waals surface area contributed by atoms with Gasteiger partial charge in [0.15, 0.2) is 0 Å². The van der Waals surface area contributed by atoms with Crippen LogP contribution in [0.4, 0.5) is 0 Å². The normalized spacial score (nSPS) is 11.1. The van der Waals surface area contributed by atoms with Gasteiger partial charge in [-0.1, -0.05) is 59.7 Å². The Morgan fingerprint density at radius 3 is 1.77 bits per heavy atom. The predicted molar refractivity (Wildman–Crippen MR) is 123 cm³/mol. The number of hydrogen-bond donors (Lipinski definition) is 0. The molecule has 5 rings (SSSR count). The van der Waals surface area contributed by atoms with E-state index in [1.165, 1.54) is 11.1 Å². The van der Waals surface area contributed by atoms with E-state index in [9.17, 15) is 0 Å². The zero-order chi connectivity index (χ0) is 21.4. The van der Waals surface area contributed by atoms with Gasteiger partial charge in [0, 0.05) is 16.7 Å². The summed E-state index contributed by atoms with van der Waals surface area (Å²) < 4.78 is 7.02. The van der Waals surface area contributed by atoms with Crippen LogP contribution in [0.2, 0.25) is 0 Å². The number of imidazole rings is 1. The number of hydrogen-bond acceptors (Lipinski definition) is 4. The second kappa shape index (κ2) is 7.69. The summed E-state index contributed by atoms with van der Waals surface area (Å²) in [7, 11) is 1.66. The Morgan fingerprint density at radius 2 is 1.19 bits per heavy atom. The lowest BCUT2D eigenvalue weighted by Gasteiger charge is -2.09. The number of methoxy groups -OCH3 is 1. The number of aryl methyl sites for hydroxylation is 2. The van der Waals surface area contributed by atoms with Crippen molar-refractivity contribution in [1.82, 2.24) is 19.6 Å². The molecule has 5 heteroatoms. The molecule has 0 atom stereocenters. The van der Waals surface area contributed by atoms with Crippen molar-refractivity contribution in [2.24, 2.45) is 0 Å². The van der Waals surface area contributed by atoms with Crippen LogP contribution in [0, 0.1) is 13.8 Å². The van der Waals surface area contributed by atoms with Gasteiger partial charge in [-0.15, -0.1) is 0 Å². The van der Waals surface area contributed by atoms with Gasteiger partial charge in [0.2, 0.25) is 0 Å². The predicted octanol–water partition coefficient (Wildman–Crippen LogP) is 5.75. The highest BCUT2D eigenvalue weighted by atomic mass is 16.5. The molecule has 0 aliphatic carbocycles. The summed E-state index contributed by atoms with van der Waals surface area (Å²) in [6.07, 6.45) is 1.92. The number of rotatable bonds is 4. The molecule has 2 heterocycles. The highest BCUT2D eigenvalue weighted by molar-refractivity contribution is 5.79. The smallest absolute Gasteiger partial charge is 0.251 e. The van der Waals surface area contributed by atoms with Crippen LogP contribution in [0.5, 0.6) is 5.75 Å². The average Bonchev–Trinajstić information content (AvgIpc) is 3.22. The van der Waals surface area contributed by atoms with E-state index >= 15 is 0 Å². The number of ether oxygens (including phenoxy) is 1. The first-order valence-electron chi connectivity index (χ1n) is 10.2. The highest BCUT2D eigenvalue weighted by Gasteiger charge is 2.16. The molecule has 152 valence electrons. The van der Waals surface area contributed by atoms with Gasteiger partial charge in [0.1, 0.15) is 17.1 Å². The Labute approximate surface area is 181 Å². The van der Waals surface area contributed by atoms with E-state index in [2.05, 4.69) is 62.4 Å². The van der Waals surface area contributed by atoms with Gasteiger partial charge in [-0.3, -0.25) is 0 Å². The first-order chi connectivity index (χ1) is 15.1. The number of fused-ring (bicyclic) bond motifs is 1. The van der Waals surface area contributed by atoms with Crippen LogP contribution in [0.3, 0.4) is 0 Å². The van der Waals surface area contributed by atoms with Crippen LogP contribution >= 0.6 is 0 Å². The molecule has 0 radical (unpaired) electrons. The molecule has 0 amide bonds. The quantitative estimate of drug-likeness (QED) is 0.381. The fourth-order valence-electron chi connectivity index (χ4n) is 3.54. The minimum atomic E-state index is 0.567. The summed E-state index contributed by atoms with van der Waals surface area (Å²) in [5, 5.41) is 4.92. The van der Waals surface area contributed by atoms with Crippen LogP contribution < -0.4 is 4.74 Å². The average molecular weight is 406 g/mol. The maximum Gasteiger partial charge on any atom is 0.251 e. The van der Waals surface area contributed by atoms with E-state index in [0.29, 0.717) is 5.78 Å². The minimum absolute atomic E-state index is 0.567. The van der Waals surface area contributed by atoms with Crippen LogP contribution in [0.25, 0.3) is 39.5 Å². The molecule has 0 spiro atoms. The maximum atomic E-state index is 5.26. The first-order valence-corrected chi connectivity index (χ1v) is 10.2. The summed E-state index contributed by atoms with van der Waals surface area (Å²) in [4.78, 5) is 9.66. The first kappa shape index (κ1) is 19.0. The number of benzene rings is 3. The van der Waals surface area contributed by atoms with Crippen LogP contribution in [0.1, 0.15) is 11.1 Å². The monoisotopic (exact) mass is 406 g/mol. The fraction of sp³-hybridized carbons (Fsp3) is 0.115. The van der Waals surface area contributed by atoms with Crippen molar-refractivity contribution in [2.75, 3.05) is 7.11 Å². The van der Waals surface area contributed by atoms with Gasteiger partial charge in [-0.25, -0.2) is 14.5 Å². The van der Waals surface area contributed by atoms with Crippen molar-refractivity contribution in [3.05, 3.63) is 90.1 Å². The lowest BCUT2D eigenvalue weighted by molar-refractivity contribution is 0.415. The molecule has 0 saturated carbocycles. The van der Waals surface area contributed by atoms with Gasteiger partial charge in [-0.2, -0.15) is 5.10 Å². The van der Waals surface area contributed by atoms with E-state index in [4.69, 9.17) is 19.8 Å². The Balaban J connectivity index is 1.69. The second-order valence-electron chi connectivity index (χ2n) is 7.64. The third kappa shape index (κ3) is 3.66. The molecule has 0 unspecified atom stereocenters. The molecular formula is C26H22N4O. The summed E-state index contributed by atoms with van der Waals surface area (Å²) in [5.41, 5.74) is 7.91. The Hall–Kier alpha value is -3.99. The highest BCUT2D eigenvalue weighted by Crippen LogP contribution is 2.30. The van der Waals surface area contributed by atoms with Crippen molar-refractivity contribution in [2.45, 2.75) is 13.8 Å². The van der Waals surface area contributed by atoms with Gasteiger partial charge in [0.25, 0.3) is 5.78 Å². The molecule has 3 aromatic carbocycles. The van der Waals surface area contributed by atoms with Crippen molar-refractivity contribution >= 4 is 5.78 Å². The van der Waals surface area contributed by atoms with Gasteiger partial charge >= 0.3 is 0 Å². The zero-order valence-corrected chi connectivity index (χ0v) is 17.7. The molecule has 0 N–H and O–H groups in total. The molecule has 0 aliphatic heterocycles. The molecule has 0 saturated heterocycles. The van der Waals surface area contributed by atoms with Crippen LogP contribution in [0.15, 0.2) is 79.0 Å². The minimum Gasteiger partial charge on any atom is -0.497 e. The standard InChI is InChI=1S/C26H22N4O/c1-17-4-8-20(9-5-17)24-25(21-10-6-18(2)7-11-21)29-30-16-23(27-26(30)28-24)19-12-14-22(31-3)15-13-19/h4-16H,1-3H3. The molecule has 5 nitrogen and oxygen atoms in total. The van der Waals surface area contributed by atoms with Crippen molar-refractivity contribution in [1.29, 1.82) is 0 Å². The lowest BCUT2D eigenvalue weighted by atomic mass is 10.0. The topological polar surface area (TPSA) is 52.3 Å². The second-order valence-corrected chi connectivity index (χ2v) is 7.64. The van der Waals surface area contributed by atoms with E-state index < -0.39 is 0 Å². The van der Waals surface area contributed by atoms with Crippen molar-refractivity contribution in [3.8, 4) is 39.5 Å². The maximum absolute atomic E-state index is 5.26. The molecule has 0 aliphatic rings. The number of nitrogens with zero attached hydrogens (tertiary/aromatic N) is 4. The Bertz CT molecular complexity index is 1270. The molecule has 0 fully saturated rings. The molecular weight excluding hydrogens is 384 g/mol. The molecule has 31 heavy (non-hydrogen) atoms. The van der Waals surface area contributed by atoms with E-state index in [0.717, 1.165) is 39.5 Å². The number of aromatic nitrogens is 4. The molecule has 5 aromatic rings. The lowest BCUT2D eigenvalue weighted by Crippen LogP contribution is -2.01. The van der Waals surface area contributed by atoms with Crippen molar-refractivity contribution < 1.29 is 4.74 Å². The van der Waals surface area contributed by atoms with Crippen LogP contribution in [-0.4, -0.2) is 26.7 Å². The van der Waals surface area contributed by atoms with Gasteiger partial charge < -0.3 is 4.74 Å². The van der Waals surface area contributed by atoms with E-state index in [1.807, 2.05) is 30.5 Å². The molecule has 2 aromatic heterocycles. The van der Waals surface area contributed by atoms with Crippen molar-refractivity contribution in [3.63, 3.8) is 0 Å². The molecule has 0 bridgehead atoms. The van der Waals surface area contributed by atoms with Crippen LogP contribution in [-0.2, 0) is 0 Å². The third-order valence-corrected chi connectivity index (χ3v) is 5.35. The SMILES string of the molecule is COc1ccc(-c2cn3nc(-c4ccc(C)cc4)c(-c4ccc(C)cc4)nc3n2)cc1. The largest absolute Gasteiger partial charge is 0.497 e. The summed E-state index contributed by atoms with van der Waals surface area (Å²) >= 11 is 0. The summed E-state index contributed by atoms with van der Waals surface area (Å²) in [6.45, 7) is 4.16.